The Morgan fingerprint density at radius 2 is 1.36 bits per heavy atom. The van der Waals surface area contributed by atoms with Crippen LogP contribution in [0.25, 0.3) is 11.1 Å². The van der Waals surface area contributed by atoms with E-state index in [1.165, 1.54) is 18.2 Å². The highest BCUT2D eigenvalue weighted by atomic mass is 19.2. The first-order valence-corrected chi connectivity index (χ1v) is 7.52. The zero-order chi connectivity index (χ0) is 17.8. The zero-order valence-electron chi connectivity index (χ0n) is 13.0. The van der Waals surface area contributed by atoms with Crippen LogP contribution in [-0.2, 0) is 11.2 Å². The number of hydrogen-bond acceptors (Lipinski definition) is 2. The van der Waals surface area contributed by atoms with Crippen molar-refractivity contribution in [3.63, 3.8) is 0 Å². The Hall–Kier alpha value is -3.08. The molecule has 5 heteroatoms. The van der Waals surface area contributed by atoms with Crippen LogP contribution in [0.5, 0.6) is 5.75 Å². The lowest BCUT2D eigenvalue weighted by Gasteiger charge is -2.06. The fourth-order valence-electron chi connectivity index (χ4n) is 2.33. The van der Waals surface area contributed by atoms with E-state index in [2.05, 4.69) is 0 Å². The number of hydrogen-bond donors (Lipinski definition) is 0. The normalized spacial score (nSPS) is 10.5. The first-order chi connectivity index (χ1) is 12.0. The number of ether oxygens (including phenoxy) is 1. The van der Waals surface area contributed by atoms with Crippen molar-refractivity contribution < 1.29 is 22.7 Å². The van der Waals surface area contributed by atoms with Gasteiger partial charge in [0.05, 0.1) is 6.42 Å². The molecule has 0 radical (unpaired) electrons. The van der Waals surface area contributed by atoms with Gasteiger partial charge >= 0.3 is 5.97 Å². The minimum Gasteiger partial charge on any atom is -0.426 e. The molecule has 0 saturated heterocycles. The average Bonchev–Trinajstić information content (AvgIpc) is 2.60. The fraction of sp³-hybridized carbons (Fsp3) is 0.0500. The van der Waals surface area contributed by atoms with Crippen LogP contribution in [0.2, 0.25) is 0 Å². The molecule has 0 amide bonds. The molecule has 0 unspecified atom stereocenters. The van der Waals surface area contributed by atoms with Gasteiger partial charge in [-0.15, -0.1) is 0 Å². The fourth-order valence-corrected chi connectivity index (χ4v) is 2.33. The third-order valence-electron chi connectivity index (χ3n) is 3.60. The lowest BCUT2D eigenvalue weighted by molar-refractivity contribution is -0.133. The third kappa shape index (κ3) is 4.26. The van der Waals surface area contributed by atoms with Crippen molar-refractivity contribution in [2.75, 3.05) is 0 Å². The lowest BCUT2D eigenvalue weighted by Crippen LogP contribution is -2.11. The van der Waals surface area contributed by atoms with Crippen LogP contribution in [-0.4, -0.2) is 5.97 Å². The SMILES string of the molecule is O=C(Cc1ccc(-c2ccc(F)cc2)cc1)Oc1ccc(F)c(F)c1. The lowest BCUT2D eigenvalue weighted by atomic mass is 10.0. The average molecular weight is 342 g/mol. The Kier molecular flexibility index (Phi) is 4.84. The molecular formula is C20H13F3O2. The molecule has 0 atom stereocenters. The topological polar surface area (TPSA) is 26.3 Å². The van der Waals surface area contributed by atoms with E-state index in [0.717, 1.165) is 23.3 Å². The van der Waals surface area contributed by atoms with Gasteiger partial charge in [0.25, 0.3) is 0 Å². The molecule has 0 saturated carbocycles. The quantitative estimate of drug-likeness (QED) is 0.497. The molecule has 0 spiro atoms. The van der Waals surface area contributed by atoms with Crippen LogP contribution in [0, 0.1) is 17.5 Å². The summed E-state index contributed by atoms with van der Waals surface area (Å²) in [7, 11) is 0. The summed E-state index contributed by atoms with van der Waals surface area (Å²) < 4.78 is 43.9. The Morgan fingerprint density at radius 1 is 0.760 bits per heavy atom. The van der Waals surface area contributed by atoms with E-state index < -0.39 is 17.6 Å². The number of benzene rings is 3. The summed E-state index contributed by atoms with van der Waals surface area (Å²) in [6, 6.07) is 16.1. The summed E-state index contributed by atoms with van der Waals surface area (Å²) in [6.07, 6.45) is -0.0112. The molecule has 126 valence electrons. The Balaban J connectivity index is 1.65. The monoisotopic (exact) mass is 342 g/mol. The molecule has 25 heavy (non-hydrogen) atoms. The summed E-state index contributed by atoms with van der Waals surface area (Å²) in [5.41, 5.74) is 2.45. The molecule has 0 aliphatic rings. The highest BCUT2D eigenvalue weighted by Crippen LogP contribution is 2.21. The van der Waals surface area contributed by atoms with Gasteiger partial charge in [-0.2, -0.15) is 0 Å². The van der Waals surface area contributed by atoms with Gasteiger partial charge < -0.3 is 4.74 Å². The highest BCUT2D eigenvalue weighted by Gasteiger charge is 2.09. The van der Waals surface area contributed by atoms with E-state index in [-0.39, 0.29) is 18.0 Å². The maximum absolute atomic E-state index is 13.1. The van der Waals surface area contributed by atoms with Crippen LogP contribution >= 0.6 is 0 Å². The summed E-state index contributed by atoms with van der Waals surface area (Å²) in [4.78, 5) is 11.9. The number of halogens is 3. The Bertz CT molecular complexity index is 888. The van der Waals surface area contributed by atoms with Crippen LogP contribution in [0.4, 0.5) is 13.2 Å². The van der Waals surface area contributed by atoms with Crippen molar-refractivity contribution in [2.24, 2.45) is 0 Å². The van der Waals surface area contributed by atoms with Gasteiger partial charge in [-0.05, 0) is 41.0 Å². The molecule has 0 fully saturated rings. The van der Waals surface area contributed by atoms with E-state index in [9.17, 15) is 18.0 Å². The van der Waals surface area contributed by atoms with Crippen molar-refractivity contribution in [3.8, 4) is 16.9 Å². The largest absolute Gasteiger partial charge is 0.426 e. The highest BCUT2D eigenvalue weighted by molar-refractivity contribution is 5.75. The minimum absolute atomic E-state index is 0.0112. The van der Waals surface area contributed by atoms with E-state index in [4.69, 9.17) is 4.74 Å². The van der Waals surface area contributed by atoms with Crippen molar-refractivity contribution in [3.05, 3.63) is 89.7 Å². The molecule has 0 aliphatic heterocycles. The second kappa shape index (κ2) is 7.21. The maximum Gasteiger partial charge on any atom is 0.315 e. The second-order valence-corrected chi connectivity index (χ2v) is 5.43. The summed E-state index contributed by atoms with van der Waals surface area (Å²) in [5.74, 6) is -3.02. The number of carbonyl (C=O) groups excluding carboxylic acids is 1. The first kappa shape index (κ1) is 16.8. The minimum atomic E-state index is -1.08. The van der Waals surface area contributed by atoms with E-state index in [1.54, 1.807) is 24.3 Å². The van der Waals surface area contributed by atoms with Crippen LogP contribution in [0.15, 0.2) is 66.7 Å². The molecule has 3 aromatic rings. The van der Waals surface area contributed by atoms with E-state index in [0.29, 0.717) is 5.56 Å². The van der Waals surface area contributed by atoms with Gasteiger partial charge in [0.1, 0.15) is 11.6 Å². The zero-order valence-corrected chi connectivity index (χ0v) is 13.0. The van der Waals surface area contributed by atoms with Crippen molar-refractivity contribution >= 4 is 5.97 Å². The molecule has 0 N–H and O–H groups in total. The maximum atomic E-state index is 13.1. The third-order valence-corrected chi connectivity index (χ3v) is 3.60. The predicted molar refractivity (Wildman–Crippen MR) is 87.5 cm³/mol. The number of esters is 1. The molecule has 0 aromatic heterocycles. The summed E-state index contributed by atoms with van der Waals surface area (Å²) in [5, 5.41) is 0. The molecule has 3 aromatic carbocycles. The smallest absolute Gasteiger partial charge is 0.315 e. The Morgan fingerprint density at radius 3 is 1.96 bits per heavy atom. The molecular weight excluding hydrogens is 329 g/mol. The summed E-state index contributed by atoms with van der Waals surface area (Å²) >= 11 is 0. The van der Waals surface area contributed by atoms with Gasteiger partial charge in [-0.25, -0.2) is 13.2 Å². The van der Waals surface area contributed by atoms with Gasteiger partial charge in [0.15, 0.2) is 11.6 Å². The van der Waals surface area contributed by atoms with Crippen LogP contribution in [0.1, 0.15) is 5.56 Å². The predicted octanol–water partition coefficient (Wildman–Crippen LogP) is 4.92. The molecule has 0 heterocycles. The molecule has 2 nitrogen and oxygen atoms in total. The summed E-state index contributed by atoms with van der Waals surface area (Å²) in [6.45, 7) is 0. The van der Waals surface area contributed by atoms with E-state index in [1.807, 2.05) is 12.1 Å². The van der Waals surface area contributed by atoms with Gasteiger partial charge in [-0.1, -0.05) is 36.4 Å². The van der Waals surface area contributed by atoms with Crippen LogP contribution in [0.3, 0.4) is 0 Å². The van der Waals surface area contributed by atoms with Gasteiger partial charge in [0, 0.05) is 6.07 Å². The molecule has 3 rings (SSSR count). The van der Waals surface area contributed by atoms with Crippen molar-refractivity contribution in [1.82, 2.24) is 0 Å². The second-order valence-electron chi connectivity index (χ2n) is 5.43. The number of rotatable bonds is 4. The van der Waals surface area contributed by atoms with Crippen LogP contribution < -0.4 is 4.74 Å². The first-order valence-electron chi connectivity index (χ1n) is 7.52. The van der Waals surface area contributed by atoms with E-state index >= 15 is 0 Å². The van der Waals surface area contributed by atoms with Crippen molar-refractivity contribution in [2.45, 2.75) is 6.42 Å². The number of carbonyl (C=O) groups is 1. The van der Waals surface area contributed by atoms with Crippen molar-refractivity contribution in [1.29, 1.82) is 0 Å². The van der Waals surface area contributed by atoms with Gasteiger partial charge in [0.2, 0.25) is 0 Å². The standard InChI is InChI=1S/C20H13F3O2/c21-16-7-5-15(6-8-16)14-3-1-13(2-4-14)11-20(24)25-17-9-10-18(22)19(23)12-17/h1-10,12H,11H2. The molecule has 0 aliphatic carbocycles. The Labute approximate surface area is 142 Å². The van der Waals surface area contributed by atoms with Gasteiger partial charge in [-0.3, -0.25) is 4.79 Å². The molecule has 0 bridgehead atoms.